The van der Waals surface area contributed by atoms with Crippen LogP contribution < -0.4 is 20.7 Å². The first-order valence-electron chi connectivity index (χ1n) is 9.05. The van der Waals surface area contributed by atoms with E-state index in [1.165, 1.54) is 0 Å². The smallest absolute Gasteiger partial charge is 0.319 e. The summed E-state index contributed by atoms with van der Waals surface area (Å²) in [6.07, 6.45) is 0.679. The van der Waals surface area contributed by atoms with Gasteiger partial charge in [-0.2, -0.15) is 0 Å². The van der Waals surface area contributed by atoms with E-state index in [0.29, 0.717) is 30.3 Å². The van der Waals surface area contributed by atoms with Crippen molar-refractivity contribution < 1.29 is 9.53 Å². The van der Waals surface area contributed by atoms with Crippen LogP contribution in [0, 0.1) is 0 Å². The first-order chi connectivity index (χ1) is 13.7. The highest BCUT2D eigenvalue weighted by Crippen LogP contribution is 2.23. The van der Waals surface area contributed by atoms with Crippen molar-refractivity contribution in [1.82, 2.24) is 5.32 Å². The summed E-state index contributed by atoms with van der Waals surface area (Å²) in [6.45, 7) is 0.980. The van der Waals surface area contributed by atoms with E-state index in [1.807, 2.05) is 72.8 Å². The minimum Gasteiger partial charge on any atom is -0.492 e. The minimum atomic E-state index is -0.249. The van der Waals surface area contributed by atoms with E-state index in [0.717, 1.165) is 17.1 Å². The van der Waals surface area contributed by atoms with Crippen molar-refractivity contribution >= 4 is 34.7 Å². The number of ether oxygens (including phenoxy) is 1. The second-order valence-corrected chi connectivity index (χ2v) is 6.49. The molecule has 0 aromatic heterocycles. The number of hydrogen-bond acceptors (Lipinski definition) is 3. The van der Waals surface area contributed by atoms with Crippen LogP contribution in [0.25, 0.3) is 0 Å². The number of halogens is 1. The number of benzene rings is 3. The third-order valence-corrected chi connectivity index (χ3v) is 4.22. The minimum absolute atomic E-state index is 0.249. The highest BCUT2D eigenvalue weighted by atomic mass is 35.5. The lowest BCUT2D eigenvalue weighted by Crippen LogP contribution is -2.30. The Kier molecular flexibility index (Phi) is 7.15. The molecule has 3 aromatic rings. The number of rotatable bonds is 8. The first kappa shape index (κ1) is 19.6. The Morgan fingerprint density at radius 2 is 1.46 bits per heavy atom. The molecule has 0 saturated carbocycles. The van der Waals surface area contributed by atoms with Gasteiger partial charge in [0.25, 0.3) is 0 Å². The molecule has 5 nitrogen and oxygen atoms in total. The van der Waals surface area contributed by atoms with Crippen LogP contribution in [0.3, 0.4) is 0 Å². The molecular formula is C22H22ClN3O2. The van der Waals surface area contributed by atoms with Crippen molar-refractivity contribution in [3.05, 3.63) is 83.9 Å². The summed E-state index contributed by atoms with van der Waals surface area (Å²) in [5, 5.41) is 9.50. The average Bonchev–Trinajstić information content (AvgIpc) is 2.71. The van der Waals surface area contributed by atoms with Crippen LogP contribution in [0.4, 0.5) is 21.9 Å². The van der Waals surface area contributed by atoms with Crippen molar-refractivity contribution in [2.45, 2.75) is 6.42 Å². The maximum atomic E-state index is 12.0. The lowest BCUT2D eigenvalue weighted by Gasteiger charge is -2.10. The van der Waals surface area contributed by atoms with Gasteiger partial charge in [0.1, 0.15) is 5.75 Å². The van der Waals surface area contributed by atoms with Crippen LogP contribution in [0.1, 0.15) is 6.42 Å². The summed E-state index contributed by atoms with van der Waals surface area (Å²) >= 11 is 6.02. The van der Waals surface area contributed by atoms with Gasteiger partial charge in [-0.15, -0.1) is 0 Å². The zero-order valence-electron chi connectivity index (χ0n) is 15.3. The number of anilines is 3. The number of carbonyl (C=O) groups excluding carboxylic acids is 1. The molecule has 6 heteroatoms. The highest BCUT2D eigenvalue weighted by molar-refractivity contribution is 6.32. The van der Waals surface area contributed by atoms with Crippen LogP contribution in [-0.4, -0.2) is 19.2 Å². The molecule has 0 unspecified atom stereocenters. The SMILES string of the molecule is O=C(NCCCOc1ccccc1Cl)Nc1ccc(Nc2ccccc2)cc1. The molecule has 0 aliphatic rings. The van der Waals surface area contributed by atoms with Crippen LogP contribution in [-0.2, 0) is 0 Å². The van der Waals surface area contributed by atoms with Crippen molar-refractivity contribution in [2.75, 3.05) is 23.8 Å². The standard InChI is InChI=1S/C22H22ClN3O2/c23-20-9-4-5-10-21(20)28-16-6-15-24-22(27)26-19-13-11-18(12-14-19)25-17-7-2-1-3-8-17/h1-5,7-14,25H,6,15-16H2,(H2,24,26,27). The monoisotopic (exact) mass is 395 g/mol. The quantitative estimate of drug-likeness (QED) is 0.430. The number of hydrogen-bond donors (Lipinski definition) is 3. The van der Waals surface area contributed by atoms with Crippen LogP contribution in [0.15, 0.2) is 78.9 Å². The van der Waals surface area contributed by atoms with Gasteiger partial charge in [-0.1, -0.05) is 41.9 Å². The summed E-state index contributed by atoms with van der Waals surface area (Å²) in [4.78, 5) is 12.0. The number of urea groups is 1. The number of carbonyl (C=O) groups is 1. The predicted octanol–water partition coefficient (Wildman–Crippen LogP) is 5.67. The Bertz CT molecular complexity index is 886. The van der Waals surface area contributed by atoms with Crippen molar-refractivity contribution in [3.8, 4) is 5.75 Å². The maximum Gasteiger partial charge on any atom is 0.319 e. The Hall–Kier alpha value is -3.18. The van der Waals surface area contributed by atoms with Gasteiger partial charge in [0.2, 0.25) is 0 Å². The number of amides is 2. The average molecular weight is 396 g/mol. The van der Waals surface area contributed by atoms with E-state index >= 15 is 0 Å². The van der Waals surface area contributed by atoms with E-state index in [2.05, 4.69) is 16.0 Å². The Balaban J connectivity index is 1.36. The topological polar surface area (TPSA) is 62.4 Å². The molecular weight excluding hydrogens is 374 g/mol. The molecule has 0 saturated heterocycles. The van der Waals surface area contributed by atoms with Crippen molar-refractivity contribution in [1.29, 1.82) is 0 Å². The molecule has 144 valence electrons. The predicted molar refractivity (Wildman–Crippen MR) is 115 cm³/mol. The fourth-order valence-electron chi connectivity index (χ4n) is 2.52. The fourth-order valence-corrected chi connectivity index (χ4v) is 2.71. The third kappa shape index (κ3) is 6.21. The normalized spacial score (nSPS) is 10.2. The van der Waals surface area contributed by atoms with E-state index in [9.17, 15) is 4.79 Å². The molecule has 3 N–H and O–H groups in total. The molecule has 3 rings (SSSR count). The molecule has 3 aromatic carbocycles. The second kappa shape index (κ2) is 10.2. The van der Waals surface area contributed by atoms with Gasteiger partial charge in [-0.25, -0.2) is 4.79 Å². The zero-order valence-corrected chi connectivity index (χ0v) is 16.1. The lowest BCUT2D eigenvalue weighted by molar-refractivity contribution is 0.250. The Labute approximate surface area is 169 Å². The van der Waals surface area contributed by atoms with Gasteiger partial charge in [0.05, 0.1) is 11.6 Å². The summed E-state index contributed by atoms with van der Waals surface area (Å²) in [5.74, 6) is 0.651. The molecule has 0 fully saturated rings. The summed E-state index contributed by atoms with van der Waals surface area (Å²) in [6, 6.07) is 24.5. The molecule has 0 atom stereocenters. The van der Waals surface area contributed by atoms with Gasteiger partial charge in [0.15, 0.2) is 0 Å². The van der Waals surface area contributed by atoms with Crippen molar-refractivity contribution in [3.63, 3.8) is 0 Å². The fraction of sp³-hybridized carbons (Fsp3) is 0.136. The summed E-state index contributed by atoms with van der Waals surface area (Å²) < 4.78 is 5.59. The van der Waals surface area contributed by atoms with E-state index in [1.54, 1.807) is 6.07 Å². The molecule has 2 amide bonds. The second-order valence-electron chi connectivity index (χ2n) is 6.08. The Morgan fingerprint density at radius 1 is 0.821 bits per heavy atom. The van der Waals surface area contributed by atoms with Gasteiger partial charge in [0, 0.05) is 23.6 Å². The molecule has 0 spiro atoms. The van der Waals surface area contributed by atoms with Gasteiger partial charge in [-0.05, 0) is 55.0 Å². The van der Waals surface area contributed by atoms with Gasteiger partial charge in [-0.3, -0.25) is 0 Å². The van der Waals surface area contributed by atoms with Gasteiger partial charge < -0.3 is 20.7 Å². The molecule has 0 aliphatic heterocycles. The molecule has 0 radical (unpaired) electrons. The molecule has 28 heavy (non-hydrogen) atoms. The Morgan fingerprint density at radius 3 is 2.21 bits per heavy atom. The highest BCUT2D eigenvalue weighted by Gasteiger charge is 2.03. The molecule has 0 heterocycles. The third-order valence-electron chi connectivity index (χ3n) is 3.91. The number of nitrogens with one attached hydrogen (secondary N) is 3. The first-order valence-corrected chi connectivity index (χ1v) is 9.43. The van der Waals surface area contributed by atoms with Gasteiger partial charge >= 0.3 is 6.03 Å². The number of para-hydroxylation sites is 2. The van der Waals surface area contributed by atoms with E-state index < -0.39 is 0 Å². The largest absolute Gasteiger partial charge is 0.492 e. The maximum absolute atomic E-state index is 12.0. The van der Waals surface area contributed by atoms with Crippen LogP contribution in [0.5, 0.6) is 5.75 Å². The summed E-state index contributed by atoms with van der Waals surface area (Å²) in [5.41, 5.74) is 2.69. The summed E-state index contributed by atoms with van der Waals surface area (Å²) in [7, 11) is 0. The molecule has 0 aliphatic carbocycles. The van der Waals surface area contributed by atoms with E-state index in [-0.39, 0.29) is 6.03 Å². The van der Waals surface area contributed by atoms with Crippen molar-refractivity contribution in [2.24, 2.45) is 0 Å². The van der Waals surface area contributed by atoms with Crippen LogP contribution >= 0.6 is 11.6 Å². The van der Waals surface area contributed by atoms with E-state index in [4.69, 9.17) is 16.3 Å². The lowest BCUT2D eigenvalue weighted by atomic mass is 10.2. The zero-order chi connectivity index (χ0) is 19.6. The molecule has 0 bridgehead atoms. The van der Waals surface area contributed by atoms with Crippen LogP contribution in [0.2, 0.25) is 5.02 Å².